The summed E-state index contributed by atoms with van der Waals surface area (Å²) in [6.45, 7) is 13.5. The molecule has 0 radical (unpaired) electrons. The van der Waals surface area contributed by atoms with Crippen molar-refractivity contribution in [3.05, 3.63) is 0 Å². The molecule has 0 aromatic rings. The molecule has 4 nitrogen and oxygen atoms in total. The molecule has 21 heavy (non-hydrogen) atoms. The third kappa shape index (κ3) is 5.89. The van der Waals surface area contributed by atoms with Crippen LogP contribution in [-0.4, -0.2) is 40.0 Å². The highest BCUT2D eigenvalue weighted by Crippen LogP contribution is 2.53. The molecular weight excluding hydrogens is 323 g/mol. The van der Waals surface area contributed by atoms with E-state index in [9.17, 15) is 0 Å². The van der Waals surface area contributed by atoms with Gasteiger partial charge in [-0.15, -0.1) is 0 Å². The van der Waals surface area contributed by atoms with Gasteiger partial charge in [0.2, 0.25) is 0 Å². The molecule has 1 heterocycles. The molecule has 1 unspecified atom stereocenters. The van der Waals surface area contributed by atoms with Crippen LogP contribution in [0.1, 0.15) is 48.0 Å². The normalized spacial score (nSPS) is 25.0. The first-order valence-corrected chi connectivity index (χ1v) is 10.9. The van der Waals surface area contributed by atoms with Crippen molar-refractivity contribution in [2.45, 2.75) is 76.7 Å². The predicted octanol–water partition coefficient (Wildman–Crippen LogP) is 4.82. The van der Waals surface area contributed by atoms with Gasteiger partial charge in [-0.25, -0.2) is 4.67 Å². The summed E-state index contributed by atoms with van der Waals surface area (Å²) in [5, 5.41) is 9.66. The van der Waals surface area contributed by atoms with E-state index in [0.29, 0.717) is 35.6 Å². The molecule has 1 saturated heterocycles. The van der Waals surface area contributed by atoms with Gasteiger partial charge in [0.25, 0.3) is 8.53 Å². The zero-order valence-corrected chi connectivity index (χ0v) is 16.3. The van der Waals surface area contributed by atoms with Crippen LogP contribution in [0.5, 0.6) is 0 Å². The monoisotopic (exact) mass is 350 g/mol. The number of nitrogens with zero attached hydrogens (tertiary/aromatic N) is 2. The zero-order chi connectivity index (χ0) is 16.0. The molecule has 1 fully saturated rings. The lowest BCUT2D eigenvalue weighted by Crippen LogP contribution is -2.36. The second-order valence-corrected chi connectivity index (χ2v) is 10.2. The Kier molecular flexibility index (Phi) is 8.93. The van der Waals surface area contributed by atoms with Gasteiger partial charge in [0, 0.05) is 22.6 Å². The molecule has 122 valence electrons. The van der Waals surface area contributed by atoms with Gasteiger partial charge < -0.3 is 9.05 Å². The Labute approximate surface area is 138 Å². The second-order valence-electron chi connectivity index (χ2n) is 5.72. The van der Waals surface area contributed by atoms with Crippen LogP contribution in [0.3, 0.4) is 0 Å². The Morgan fingerprint density at radius 3 is 2.10 bits per heavy atom. The topological polar surface area (TPSA) is 45.5 Å². The quantitative estimate of drug-likeness (QED) is 0.355. The molecule has 0 N–H and O–H groups in total. The summed E-state index contributed by atoms with van der Waals surface area (Å²) in [6, 6.07) is 2.84. The van der Waals surface area contributed by atoms with E-state index in [1.54, 1.807) is 0 Å². The van der Waals surface area contributed by atoms with E-state index in [1.807, 2.05) is 21.6 Å². The molecule has 0 aliphatic carbocycles. The van der Waals surface area contributed by atoms with E-state index in [0.717, 1.165) is 0 Å². The van der Waals surface area contributed by atoms with Gasteiger partial charge in [-0.3, -0.25) is 0 Å². The van der Waals surface area contributed by atoms with Crippen molar-refractivity contribution in [2.24, 2.45) is 0 Å². The number of hydrogen-bond acceptors (Lipinski definition) is 6. The van der Waals surface area contributed by atoms with E-state index >= 15 is 0 Å². The van der Waals surface area contributed by atoms with Gasteiger partial charge in [0.05, 0.1) is 25.2 Å². The Morgan fingerprint density at radius 2 is 1.67 bits per heavy atom. The molecule has 0 amide bonds. The summed E-state index contributed by atoms with van der Waals surface area (Å²) in [4.78, 5) is 0. The summed E-state index contributed by atoms with van der Waals surface area (Å²) in [5.41, 5.74) is 0. The van der Waals surface area contributed by atoms with Crippen LogP contribution in [0.15, 0.2) is 0 Å². The van der Waals surface area contributed by atoms with Crippen molar-refractivity contribution >= 4 is 30.1 Å². The van der Waals surface area contributed by atoms with Gasteiger partial charge >= 0.3 is 0 Å². The fourth-order valence-electron chi connectivity index (χ4n) is 2.24. The van der Waals surface area contributed by atoms with E-state index in [2.05, 4.69) is 52.3 Å². The summed E-state index contributed by atoms with van der Waals surface area (Å²) in [5.74, 6) is 0. The fourth-order valence-corrected chi connectivity index (χ4v) is 7.24. The van der Waals surface area contributed by atoms with Crippen LogP contribution >= 0.6 is 30.1 Å². The van der Waals surface area contributed by atoms with E-state index in [1.165, 1.54) is 0 Å². The van der Waals surface area contributed by atoms with E-state index in [-0.39, 0.29) is 6.10 Å². The van der Waals surface area contributed by atoms with Crippen LogP contribution < -0.4 is 0 Å². The molecule has 1 aliphatic heterocycles. The summed E-state index contributed by atoms with van der Waals surface area (Å²) < 4.78 is 14.6. The first-order chi connectivity index (χ1) is 9.88. The van der Waals surface area contributed by atoms with Gasteiger partial charge in [0.15, 0.2) is 0 Å². The maximum absolute atomic E-state index is 8.72. The van der Waals surface area contributed by atoms with Crippen LogP contribution in [0.2, 0.25) is 0 Å². The molecule has 7 heteroatoms. The number of nitriles is 1. The minimum absolute atomic E-state index is 0.202. The molecule has 1 aliphatic rings. The van der Waals surface area contributed by atoms with Crippen molar-refractivity contribution in [3.63, 3.8) is 0 Å². The molecule has 1 rings (SSSR count). The first-order valence-electron chi connectivity index (χ1n) is 7.45. The molecule has 0 aromatic heterocycles. The smallest absolute Gasteiger partial charge is 0.259 e. The molecule has 0 bridgehead atoms. The minimum Gasteiger partial charge on any atom is -0.321 e. The third-order valence-corrected chi connectivity index (χ3v) is 8.70. The van der Waals surface area contributed by atoms with Crippen molar-refractivity contribution < 1.29 is 9.05 Å². The predicted molar refractivity (Wildman–Crippen MR) is 94.2 cm³/mol. The second kappa shape index (κ2) is 9.60. The van der Waals surface area contributed by atoms with Gasteiger partial charge in [-0.05, 0) is 41.5 Å². The van der Waals surface area contributed by atoms with E-state index < -0.39 is 8.53 Å². The molecule has 0 spiro atoms. The highest BCUT2D eigenvalue weighted by molar-refractivity contribution is 8.77. The highest BCUT2D eigenvalue weighted by Gasteiger charge is 2.38. The Bertz CT molecular complexity index is 334. The zero-order valence-electron chi connectivity index (χ0n) is 13.8. The van der Waals surface area contributed by atoms with Crippen molar-refractivity contribution in [1.29, 1.82) is 5.26 Å². The maximum atomic E-state index is 8.72. The average molecular weight is 350 g/mol. The number of rotatable bonds is 8. The third-order valence-electron chi connectivity index (χ3n) is 3.16. The standard InChI is InChI=1S/C14H27N2O2PS2/c1-10(2)16(11(3)4)19(17-9-7-8-15)18-14-12(5)20-21-13(14)6/h10-14H,7,9H2,1-6H3/t12-,13-,19?/m0/s1. The molecule has 3 atom stereocenters. The molecule has 0 aromatic carbocycles. The first kappa shape index (κ1) is 19.5. The Balaban J connectivity index is 2.77. The summed E-state index contributed by atoms with van der Waals surface area (Å²) in [6.07, 6.45) is 0.610. The van der Waals surface area contributed by atoms with Gasteiger partial charge in [-0.1, -0.05) is 21.6 Å². The van der Waals surface area contributed by atoms with Crippen LogP contribution in [0.4, 0.5) is 0 Å². The number of hydrogen-bond donors (Lipinski definition) is 0. The lowest BCUT2D eigenvalue weighted by molar-refractivity contribution is 0.134. The lowest BCUT2D eigenvalue weighted by atomic mass is 10.2. The van der Waals surface area contributed by atoms with Gasteiger partial charge in [0.1, 0.15) is 0 Å². The average Bonchev–Trinajstić information content (AvgIpc) is 2.69. The molecule has 0 saturated carbocycles. The van der Waals surface area contributed by atoms with Crippen LogP contribution in [0, 0.1) is 11.3 Å². The highest BCUT2D eigenvalue weighted by atomic mass is 33.1. The van der Waals surface area contributed by atoms with Crippen LogP contribution in [0.25, 0.3) is 0 Å². The SMILES string of the molecule is CC(C)N(C(C)C)P(OCCC#N)OC1[C@H](C)SS[C@H]1C. The van der Waals surface area contributed by atoms with E-state index in [4.69, 9.17) is 14.3 Å². The Morgan fingerprint density at radius 1 is 1.14 bits per heavy atom. The minimum atomic E-state index is -1.12. The summed E-state index contributed by atoms with van der Waals surface area (Å²) in [7, 11) is 2.65. The van der Waals surface area contributed by atoms with Crippen LogP contribution in [-0.2, 0) is 9.05 Å². The largest absolute Gasteiger partial charge is 0.321 e. The lowest BCUT2D eigenvalue weighted by Gasteiger charge is -2.37. The van der Waals surface area contributed by atoms with Crippen molar-refractivity contribution in [1.82, 2.24) is 4.67 Å². The van der Waals surface area contributed by atoms with Gasteiger partial charge in [-0.2, -0.15) is 5.26 Å². The van der Waals surface area contributed by atoms with Crippen molar-refractivity contribution in [3.8, 4) is 6.07 Å². The maximum Gasteiger partial charge on any atom is 0.259 e. The molecular formula is C14H27N2O2PS2. The summed E-state index contributed by atoms with van der Waals surface area (Å²) >= 11 is 0. The van der Waals surface area contributed by atoms with Crippen molar-refractivity contribution in [2.75, 3.05) is 6.61 Å². The Hall–Kier alpha value is 0.500. The fraction of sp³-hybridized carbons (Fsp3) is 0.929.